The Kier molecular flexibility index (Phi) is 6.47. The minimum Gasteiger partial charge on any atom is -0.489 e. The van der Waals surface area contributed by atoms with Gasteiger partial charge in [0.1, 0.15) is 29.5 Å². The van der Waals surface area contributed by atoms with Gasteiger partial charge in [0, 0.05) is 19.5 Å². The van der Waals surface area contributed by atoms with Crippen molar-refractivity contribution in [3.8, 4) is 17.2 Å². The molecule has 0 saturated carbocycles. The van der Waals surface area contributed by atoms with Crippen LogP contribution >= 0.6 is 0 Å². The van der Waals surface area contributed by atoms with Gasteiger partial charge in [-0.3, -0.25) is 9.10 Å². The summed E-state index contributed by atoms with van der Waals surface area (Å²) in [5.41, 5.74) is 3.90. The summed E-state index contributed by atoms with van der Waals surface area (Å²) in [6, 6.07) is 6.93. The fraction of sp³-hybridized carbons (Fsp3) is 0.458. The lowest BCUT2D eigenvalue weighted by atomic mass is 9.87. The van der Waals surface area contributed by atoms with E-state index in [1.54, 1.807) is 24.3 Å². The van der Waals surface area contributed by atoms with Crippen LogP contribution in [0, 0.1) is 20.8 Å². The van der Waals surface area contributed by atoms with Crippen molar-refractivity contribution in [3.63, 3.8) is 0 Å². The van der Waals surface area contributed by atoms with Crippen molar-refractivity contribution in [1.29, 1.82) is 0 Å². The van der Waals surface area contributed by atoms with Crippen LogP contribution in [0.1, 0.15) is 42.5 Å². The van der Waals surface area contributed by atoms with Crippen LogP contribution in [0.2, 0.25) is 0 Å². The van der Waals surface area contributed by atoms with Crippen molar-refractivity contribution in [2.75, 3.05) is 24.2 Å². The highest BCUT2D eigenvalue weighted by Crippen LogP contribution is 2.44. The Morgan fingerprint density at radius 2 is 1.75 bits per heavy atom. The molecular weight excluding hydrogens is 430 g/mol. The van der Waals surface area contributed by atoms with Crippen LogP contribution in [0.25, 0.3) is 0 Å². The predicted molar refractivity (Wildman–Crippen MR) is 124 cm³/mol. The zero-order valence-corrected chi connectivity index (χ0v) is 20.6. The van der Waals surface area contributed by atoms with E-state index in [4.69, 9.17) is 14.2 Å². The fourth-order valence-corrected chi connectivity index (χ4v) is 4.36. The summed E-state index contributed by atoms with van der Waals surface area (Å²) in [5.74, 6) is 1.76. The van der Waals surface area contributed by atoms with Crippen LogP contribution in [0.15, 0.2) is 24.3 Å². The maximum absolute atomic E-state index is 11.7. The summed E-state index contributed by atoms with van der Waals surface area (Å²) < 4.78 is 42.5. The van der Waals surface area contributed by atoms with Crippen LogP contribution in [0.3, 0.4) is 0 Å². The Bertz CT molecular complexity index is 1140. The third kappa shape index (κ3) is 4.85. The lowest BCUT2D eigenvalue weighted by Crippen LogP contribution is -2.42. The SMILES string of the molecule is CC(=O)Oc1c(C)c(C)c2c(c1C)CCC(C)(COc1ccc(N(C)S(C)(=O)=O)cc1)O2. The lowest BCUT2D eigenvalue weighted by Gasteiger charge is -2.37. The van der Waals surface area contributed by atoms with E-state index < -0.39 is 15.6 Å². The Morgan fingerprint density at radius 3 is 2.31 bits per heavy atom. The van der Waals surface area contributed by atoms with Gasteiger partial charge in [-0.05, 0) is 81.5 Å². The molecule has 1 atom stereocenters. The van der Waals surface area contributed by atoms with Gasteiger partial charge < -0.3 is 14.2 Å². The quantitative estimate of drug-likeness (QED) is 0.476. The van der Waals surface area contributed by atoms with Gasteiger partial charge in [-0.25, -0.2) is 8.42 Å². The third-order valence-electron chi connectivity index (χ3n) is 6.05. The molecule has 2 aromatic rings. The molecule has 2 aromatic carbocycles. The monoisotopic (exact) mass is 461 g/mol. The Balaban J connectivity index is 1.77. The van der Waals surface area contributed by atoms with E-state index in [-0.39, 0.29) is 5.97 Å². The molecule has 1 aliphatic heterocycles. The summed E-state index contributed by atoms with van der Waals surface area (Å²) in [7, 11) is -1.80. The van der Waals surface area contributed by atoms with E-state index in [0.717, 1.165) is 47.1 Å². The first-order valence-corrected chi connectivity index (χ1v) is 12.3. The largest absolute Gasteiger partial charge is 0.489 e. The van der Waals surface area contributed by atoms with Crippen LogP contribution in [0.4, 0.5) is 5.69 Å². The molecule has 7 nitrogen and oxygen atoms in total. The molecule has 0 N–H and O–H groups in total. The molecule has 1 heterocycles. The maximum atomic E-state index is 11.7. The van der Waals surface area contributed by atoms with Gasteiger partial charge in [-0.2, -0.15) is 0 Å². The molecule has 32 heavy (non-hydrogen) atoms. The second-order valence-corrected chi connectivity index (χ2v) is 10.7. The number of carbonyl (C=O) groups excluding carboxylic acids is 1. The lowest BCUT2D eigenvalue weighted by molar-refractivity contribution is -0.132. The average Bonchev–Trinajstić information content (AvgIpc) is 2.73. The van der Waals surface area contributed by atoms with Gasteiger partial charge >= 0.3 is 5.97 Å². The molecular formula is C24H31NO6S. The molecule has 0 saturated heterocycles. The second-order valence-electron chi connectivity index (χ2n) is 8.67. The number of fused-ring (bicyclic) bond motifs is 1. The minimum atomic E-state index is -3.31. The molecule has 0 aromatic heterocycles. The molecule has 8 heteroatoms. The van der Waals surface area contributed by atoms with E-state index in [9.17, 15) is 13.2 Å². The first kappa shape index (κ1) is 23.9. The van der Waals surface area contributed by atoms with Crippen LogP contribution in [0.5, 0.6) is 17.2 Å². The van der Waals surface area contributed by atoms with E-state index >= 15 is 0 Å². The molecule has 3 rings (SSSR count). The molecule has 0 bridgehead atoms. The first-order chi connectivity index (χ1) is 14.8. The smallest absolute Gasteiger partial charge is 0.308 e. The van der Waals surface area contributed by atoms with Crippen molar-refractivity contribution in [1.82, 2.24) is 0 Å². The van der Waals surface area contributed by atoms with Crippen LogP contribution in [-0.2, 0) is 21.2 Å². The number of anilines is 1. The van der Waals surface area contributed by atoms with E-state index in [0.29, 0.717) is 23.8 Å². The van der Waals surface area contributed by atoms with Crippen molar-refractivity contribution < 1.29 is 27.4 Å². The summed E-state index contributed by atoms with van der Waals surface area (Å²) in [4.78, 5) is 11.5. The summed E-state index contributed by atoms with van der Waals surface area (Å²) in [6.45, 7) is 9.64. The molecule has 0 aliphatic carbocycles. The van der Waals surface area contributed by atoms with Crippen molar-refractivity contribution in [2.24, 2.45) is 0 Å². The number of carbonyl (C=O) groups is 1. The topological polar surface area (TPSA) is 82.1 Å². The molecule has 1 aliphatic rings. The molecule has 174 valence electrons. The molecule has 0 fully saturated rings. The number of rotatable bonds is 6. The van der Waals surface area contributed by atoms with Gasteiger partial charge in [0.05, 0.1) is 11.9 Å². The number of sulfonamides is 1. The number of nitrogens with zero attached hydrogens (tertiary/aromatic N) is 1. The highest BCUT2D eigenvalue weighted by Gasteiger charge is 2.35. The zero-order chi connectivity index (χ0) is 23.8. The molecule has 0 radical (unpaired) electrons. The van der Waals surface area contributed by atoms with Gasteiger partial charge in [-0.15, -0.1) is 0 Å². The highest BCUT2D eigenvalue weighted by atomic mass is 32.2. The number of ether oxygens (including phenoxy) is 3. The number of benzene rings is 2. The van der Waals surface area contributed by atoms with E-state index in [1.807, 2.05) is 27.7 Å². The normalized spacial score (nSPS) is 17.8. The summed E-state index contributed by atoms with van der Waals surface area (Å²) in [5, 5.41) is 0. The summed E-state index contributed by atoms with van der Waals surface area (Å²) in [6.07, 6.45) is 2.70. The average molecular weight is 462 g/mol. The van der Waals surface area contributed by atoms with Gasteiger partial charge in [0.25, 0.3) is 0 Å². The highest BCUT2D eigenvalue weighted by molar-refractivity contribution is 7.92. The molecule has 1 unspecified atom stereocenters. The van der Waals surface area contributed by atoms with Crippen molar-refractivity contribution in [2.45, 2.75) is 53.1 Å². The van der Waals surface area contributed by atoms with E-state index in [2.05, 4.69) is 0 Å². The second kappa shape index (κ2) is 8.65. The van der Waals surface area contributed by atoms with Gasteiger partial charge in [0.2, 0.25) is 10.0 Å². The van der Waals surface area contributed by atoms with Crippen molar-refractivity contribution >= 4 is 21.7 Å². The first-order valence-electron chi connectivity index (χ1n) is 10.5. The van der Waals surface area contributed by atoms with Crippen LogP contribution < -0.4 is 18.5 Å². The Hall–Kier alpha value is -2.74. The fourth-order valence-electron chi connectivity index (χ4n) is 3.86. The molecule has 0 spiro atoms. The van der Waals surface area contributed by atoms with Crippen LogP contribution in [-0.4, -0.2) is 39.9 Å². The number of hydrogen-bond acceptors (Lipinski definition) is 6. The Labute approximate surface area is 190 Å². The Morgan fingerprint density at radius 1 is 1.12 bits per heavy atom. The maximum Gasteiger partial charge on any atom is 0.308 e. The number of hydrogen-bond donors (Lipinski definition) is 0. The van der Waals surface area contributed by atoms with Gasteiger partial charge in [0.15, 0.2) is 0 Å². The summed E-state index contributed by atoms with van der Waals surface area (Å²) >= 11 is 0. The third-order valence-corrected chi connectivity index (χ3v) is 7.26. The number of esters is 1. The van der Waals surface area contributed by atoms with E-state index in [1.165, 1.54) is 18.3 Å². The predicted octanol–water partition coefficient (Wildman–Crippen LogP) is 4.10. The van der Waals surface area contributed by atoms with Gasteiger partial charge in [-0.1, -0.05) is 0 Å². The zero-order valence-electron chi connectivity index (χ0n) is 19.7. The minimum absolute atomic E-state index is 0.334. The van der Waals surface area contributed by atoms with Crippen molar-refractivity contribution in [3.05, 3.63) is 46.5 Å². The standard InChI is InChI=1S/C24H31NO6S/c1-15-16(2)23-21(17(3)22(15)30-18(4)26)12-13-24(5,31-23)14-29-20-10-8-19(9-11-20)25(6)32(7,27)28/h8-11H,12-14H2,1-7H3. The molecule has 0 amide bonds.